The molecule has 1 atom stereocenters. The standard InChI is InChI=1S/C6H12N2O3/c1-3-8(7-11)4-5(2)6(9)10/h5H,3-4H2,1-2H3,(H,9,10). The molecule has 11 heavy (non-hydrogen) atoms. The lowest BCUT2D eigenvalue weighted by molar-refractivity contribution is -0.141. The molecule has 0 radical (unpaired) electrons. The van der Waals surface area contributed by atoms with Gasteiger partial charge in [0, 0.05) is 6.54 Å². The van der Waals surface area contributed by atoms with Gasteiger partial charge in [-0.25, -0.2) is 0 Å². The van der Waals surface area contributed by atoms with Crippen LogP contribution in [0, 0.1) is 10.8 Å². The van der Waals surface area contributed by atoms with Crippen molar-refractivity contribution in [3.63, 3.8) is 0 Å². The first kappa shape index (κ1) is 9.87. The van der Waals surface area contributed by atoms with Gasteiger partial charge in [-0.2, -0.15) is 0 Å². The molecule has 5 heteroatoms. The van der Waals surface area contributed by atoms with Crippen molar-refractivity contribution in [1.29, 1.82) is 0 Å². The first-order valence-electron chi connectivity index (χ1n) is 3.42. The van der Waals surface area contributed by atoms with E-state index in [1.807, 2.05) is 0 Å². The Hall–Kier alpha value is -1.13. The van der Waals surface area contributed by atoms with E-state index in [1.54, 1.807) is 6.92 Å². The van der Waals surface area contributed by atoms with Gasteiger partial charge in [0.05, 0.1) is 17.7 Å². The molecule has 1 unspecified atom stereocenters. The van der Waals surface area contributed by atoms with Gasteiger partial charge in [0.15, 0.2) is 0 Å². The number of aliphatic carboxylic acids is 1. The molecule has 0 aromatic heterocycles. The molecule has 5 nitrogen and oxygen atoms in total. The Morgan fingerprint density at radius 3 is 2.55 bits per heavy atom. The molecule has 0 fully saturated rings. The minimum Gasteiger partial charge on any atom is -0.481 e. The lowest BCUT2D eigenvalue weighted by atomic mass is 10.2. The van der Waals surface area contributed by atoms with Gasteiger partial charge in [-0.15, -0.1) is 4.91 Å². The van der Waals surface area contributed by atoms with Crippen molar-refractivity contribution in [2.24, 2.45) is 11.2 Å². The van der Waals surface area contributed by atoms with Crippen LogP contribution in [0.15, 0.2) is 5.29 Å². The Kier molecular flexibility index (Phi) is 4.17. The van der Waals surface area contributed by atoms with Crippen LogP contribution >= 0.6 is 0 Å². The maximum atomic E-state index is 10.3. The lowest BCUT2D eigenvalue weighted by Crippen LogP contribution is -2.27. The van der Waals surface area contributed by atoms with Gasteiger partial charge < -0.3 is 5.11 Å². The highest BCUT2D eigenvalue weighted by Gasteiger charge is 2.14. The van der Waals surface area contributed by atoms with Crippen LogP contribution in [-0.2, 0) is 4.79 Å². The summed E-state index contributed by atoms with van der Waals surface area (Å²) >= 11 is 0. The van der Waals surface area contributed by atoms with Crippen LogP contribution in [0.3, 0.4) is 0 Å². The summed E-state index contributed by atoms with van der Waals surface area (Å²) < 4.78 is 0. The van der Waals surface area contributed by atoms with E-state index in [1.165, 1.54) is 11.9 Å². The van der Waals surface area contributed by atoms with E-state index in [0.29, 0.717) is 6.54 Å². The van der Waals surface area contributed by atoms with Crippen molar-refractivity contribution >= 4 is 5.97 Å². The van der Waals surface area contributed by atoms with E-state index in [9.17, 15) is 9.70 Å². The third-order valence-corrected chi connectivity index (χ3v) is 1.39. The number of carboxylic acids is 1. The highest BCUT2D eigenvalue weighted by molar-refractivity contribution is 5.69. The van der Waals surface area contributed by atoms with E-state index in [0.717, 1.165) is 0 Å². The summed E-state index contributed by atoms with van der Waals surface area (Å²) in [5.74, 6) is -1.46. The van der Waals surface area contributed by atoms with Crippen LogP contribution < -0.4 is 0 Å². The Morgan fingerprint density at radius 1 is 1.73 bits per heavy atom. The predicted octanol–water partition coefficient (Wildman–Crippen LogP) is 0.710. The summed E-state index contributed by atoms with van der Waals surface area (Å²) in [5.41, 5.74) is 0. The summed E-state index contributed by atoms with van der Waals surface area (Å²) in [6.07, 6.45) is 0. The number of carbonyl (C=O) groups is 1. The van der Waals surface area contributed by atoms with Gasteiger partial charge >= 0.3 is 5.97 Å². The third kappa shape index (κ3) is 3.54. The minimum absolute atomic E-state index is 0.176. The maximum absolute atomic E-state index is 10.3. The molecule has 1 N–H and O–H groups in total. The number of nitrogens with zero attached hydrogens (tertiary/aromatic N) is 2. The van der Waals surface area contributed by atoms with Crippen LogP contribution in [-0.4, -0.2) is 29.2 Å². The molecule has 0 aliphatic rings. The SMILES string of the molecule is CCN(CC(C)C(=O)O)N=O. The quantitative estimate of drug-likeness (QED) is 0.475. The smallest absolute Gasteiger partial charge is 0.308 e. The van der Waals surface area contributed by atoms with Gasteiger partial charge in [0.2, 0.25) is 0 Å². The summed E-state index contributed by atoms with van der Waals surface area (Å²) in [6.45, 7) is 3.91. The first-order valence-corrected chi connectivity index (χ1v) is 3.42. The molecule has 64 valence electrons. The predicted molar refractivity (Wildman–Crippen MR) is 39.8 cm³/mol. The molecule has 0 saturated carbocycles. The number of carboxylic acid groups (broad SMARTS) is 1. The molecule has 0 aromatic carbocycles. The summed E-state index contributed by atoms with van der Waals surface area (Å²) in [7, 11) is 0. The van der Waals surface area contributed by atoms with Crippen LogP contribution in [0.4, 0.5) is 0 Å². The van der Waals surface area contributed by atoms with Crippen LogP contribution in [0.25, 0.3) is 0 Å². The zero-order valence-electron chi connectivity index (χ0n) is 6.65. The van der Waals surface area contributed by atoms with Crippen molar-refractivity contribution in [3.05, 3.63) is 4.91 Å². The summed E-state index contributed by atoms with van der Waals surface area (Å²) in [5, 5.41) is 12.3. The fraction of sp³-hybridized carbons (Fsp3) is 0.833. The van der Waals surface area contributed by atoms with E-state index >= 15 is 0 Å². The van der Waals surface area contributed by atoms with Crippen molar-refractivity contribution in [3.8, 4) is 0 Å². The number of rotatable bonds is 5. The molecule has 0 aliphatic heterocycles. The minimum atomic E-state index is -0.910. The molecule has 0 rings (SSSR count). The topological polar surface area (TPSA) is 70.0 Å². The van der Waals surface area contributed by atoms with E-state index in [4.69, 9.17) is 5.11 Å². The molecule has 0 amide bonds. The fourth-order valence-electron chi connectivity index (χ4n) is 0.614. The highest BCUT2D eigenvalue weighted by atomic mass is 16.4. The summed E-state index contributed by atoms with van der Waals surface area (Å²) in [6, 6.07) is 0. The Bertz CT molecular complexity index is 149. The number of hydrogen-bond acceptors (Lipinski definition) is 3. The lowest BCUT2D eigenvalue weighted by Gasteiger charge is -2.14. The van der Waals surface area contributed by atoms with Crippen LogP contribution in [0.1, 0.15) is 13.8 Å². The molecule has 0 aromatic rings. The van der Waals surface area contributed by atoms with Crippen molar-refractivity contribution in [2.45, 2.75) is 13.8 Å². The molecular formula is C6H12N2O3. The van der Waals surface area contributed by atoms with Gasteiger partial charge in [-0.05, 0) is 6.92 Å². The normalized spacial score (nSPS) is 12.2. The van der Waals surface area contributed by atoms with Crippen molar-refractivity contribution < 1.29 is 9.90 Å². The van der Waals surface area contributed by atoms with E-state index in [-0.39, 0.29) is 6.54 Å². The van der Waals surface area contributed by atoms with Crippen LogP contribution in [0.2, 0.25) is 0 Å². The molecule has 0 spiro atoms. The average molecular weight is 160 g/mol. The second kappa shape index (κ2) is 4.65. The molecule has 0 heterocycles. The van der Waals surface area contributed by atoms with Crippen molar-refractivity contribution in [2.75, 3.05) is 13.1 Å². The monoisotopic (exact) mass is 160 g/mol. The Labute approximate surface area is 64.9 Å². The largest absolute Gasteiger partial charge is 0.481 e. The van der Waals surface area contributed by atoms with Gasteiger partial charge in [0.1, 0.15) is 0 Å². The summed E-state index contributed by atoms with van der Waals surface area (Å²) in [4.78, 5) is 20.3. The fourth-order valence-corrected chi connectivity index (χ4v) is 0.614. The first-order chi connectivity index (χ1) is 5.11. The maximum Gasteiger partial charge on any atom is 0.308 e. The van der Waals surface area contributed by atoms with Crippen LogP contribution in [0.5, 0.6) is 0 Å². The zero-order valence-corrected chi connectivity index (χ0v) is 6.65. The average Bonchev–Trinajstić information content (AvgIpc) is 1.99. The molecular weight excluding hydrogens is 148 g/mol. The highest BCUT2D eigenvalue weighted by Crippen LogP contribution is 1.99. The Balaban J connectivity index is 3.80. The van der Waals surface area contributed by atoms with Gasteiger partial charge in [-0.3, -0.25) is 9.80 Å². The number of nitroso groups, excluding NO2 is 1. The second-order valence-electron chi connectivity index (χ2n) is 2.33. The van der Waals surface area contributed by atoms with Crippen molar-refractivity contribution in [1.82, 2.24) is 5.01 Å². The van der Waals surface area contributed by atoms with E-state index < -0.39 is 11.9 Å². The van der Waals surface area contributed by atoms with Gasteiger partial charge in [-0.1, -0.05) is 6.92 Å². The third-order valence-electron chi connectivity index (χ3n) is 1.39. The van der Waals surface area contributed by atoms with Gasteiger partial charge in [0.25, 0.3) is 0 Å². The Morgan fingerprint density at radius 2 is 2.27 bits per heavy atom. The molecule has 0 bridgehead atoms. The number of hydrogen-bond donors (Lipinski definition) is 1. The second-order valence-corrected chi connectivity index (χ2v) is 2.33. The zero-order chi connectivity index (χ0) is 8.85. The molecule has 0 aliphatic carbocycles. The molecule has 0 saturated heterocycles. The van der Waals surface area contributed by atoms with E-state index in [2.05, 4.69) is 5.29 Å².